The number of para-hydroxylation sites is 1. The van der Waals surface area contributed by atoms with E-state index in [1.807, 2.05) is 12.2 Å². The Balaban J connectivity index is 2.05. The lowest BCUT2D eigenvalue weighted by Crippen LogP contribution is -2.43. The lowest BCUT2D eigenvalue weighted by molar-refractivity contribution is -0.353. The third-order valence-electron chi connectivity index (χ3n) is 4.46. The summed E-state index contributed by atoms with van der Waals surface area (Å²) in [6, 6.07) is 6.88. The Hall–Kier alpha value is -2.06. The number of hydrogen-bond donors (Lipinski definition) is 0. The number of ether oxygens (including phenoxy) is 4. The Morgan fingerprint density at radius 2 is 2.00 bits per heavy atom. The first-order valence-corrected chi connectivity index (χ1v) is 9.05. The van der Waals surface area contributed by atoms with Gasteiger partial charge in [-0.15, -0.1) is 0 Å². The summed E-state index contributed by atoms with van der Waals surface area (Å²) in [6.45, 7) is -0.0839. The van der Waals surface area contributed by atoms with Crippen molar-refractivity contribution in [1.82, 2.24) is 0 Å². The molecule has 3 atom stereocenters. The first-order valence-electron chi connectivity index (χ1n) is 9.05. The summed E-state index contributed by atoms with van der Waals surface area (Å²) in [6.07, 6.45) is -1.77. The summed E-state index contributed by atoms with van der Waals surface area (Å²) in [5, 5.41) is 0. The van der Waals surface area contributed by atoms with Crippen LogP contribution in [-0.2, 0) is 19.0 Å². The molecular weight excluding hydrogens is 377 g/mol. The zero-order valence-electron chi connectivity index (χ0n) is 15.9. The molecule has 3 unspecified atom stereocenters. The normalized spacial score (nSPS) is 23.0. The maximum atomic E-state index is 13.1. The molecule has 2 rings (SSSR count). The van der Waals surface area contributed by atoms with Crippen LogP contribution >= 0.6 is 0 Å². The van der Waals surface area contributed by atoms with Gasteiger partial charge in [-0.25, -0.2) is 0 Å². The minimum atomic E-state index is -4.60. The highest BCUT2D eigenvalue weighted by molar-refractivity contribution is 5.69. The van der Waals surface area contributed by atoms with Gasteiger partial charge in [-0.2, -0.15) is 13.2 Å². The van der Waals surface area contributed by atoms with Crippen molar-refractivity contribution in [3.05, 3.63) is 42.0 Å². The molecule has 8 heteroatoms. The van der Waals surface area contributed by atoms with Gasteiger partial charge >= 0.3 is 12.1 Å². The Morgan fingerprint density at radius 3 is 2.68 bits per heavy atom. The van der Waals surface area contributed by atoms with Gasteiger partial charge in [-0.1, -0.05) is 30.4 Å². The van der Waals surface area contributed by atoms with Crippen LogP contribution in [-0.4, -0.2) is 39.3 Å². The average Bonchev–Trinajstić information content (AvgIpc) is 2.69. The van der Waals surface area contributed by atoms with Gasteiger partial charge in [0.1, 0.15) is 5.75 Å². The molecule has 1 aromatic carbocycles. The van der Waals surface area contributed by atoms with Gasteiger partial charge in [0.2, 0.25) is 0 Å². The van der Waals surface area contributed by atoms with E-state index in [4.69, 9.17) is 14.2 Å². The van der Waals surface area contributed by atoms with E-state index in [1.165, 1.54) is 14.2 Å². The Morgan fingerprint density at radius 1 is 1.25 bits per heavy atom. The molecule has 5 nitrogen and oxygen atoms in total. The fraction of sp³-hybridized carbons (Fsp3) is 0.550. The van der Waals surface area contributed by atoms with E-state index >= 15 is 0 Å². The van der Waals surface area contributed by atoms with Gasteiger partial charge in [0.15, 0.2) is 0 Å². The van der Waals surface area contributed by atoms with Crippen LogP contribution in [0.15, 0.2) is 36.4 Å². The molecule has 28 heavy (non-hydrogen) atoms. The number of carbonyl (C=O) groups is 1. The Bertz CT molecular complexity index is 659. The van der Waals surface area contributed by atoms with E-state index in [1.54, 1.807) is 24.3 Å². The number of methoxy groups -OCH3 is 2. The molecule has 1 fully saturated rings. The Labute approximate surface area is 162 Å². The molecule has 0 N–H and O–H groups in total. The van der Waals surface area contributed by atoms with E-state index in [0.717, 1.165) is 0 Å². The predicted octanol–water partition coefficient (Wildman–Crippen LogP) is 4.58. The smallest absolute Gasteiger partial charge is 0.440 e. The summed E-state index contributed by atoms with van der Waals surface area (Å²) in [5.41, 5.74) is 0.562. The molecule has 0 aromatic heterocycles. The van der Waals surface area contributed by atoms with Crippen molar-refractivity contribution in [3.63, 3.8) is 0 Å². The SMILES string of the molecule is COC(=O)CCC/C=C\CC1COC(C(F)(F)F)OC1c1ccccc1OC. The number of hydrogen-bond acceptors (Lipinski definition) is 5. The largest absolute Gasteiger partial charge is 0.496 e. The lowest BCUT2D eigenvalue weighted by Gasteiger charge is -2.37. The van der Waals surface area contributed by atoms with Crippen molar-refractivity contribution < 1.29 is 36.9 Å². The van der Waals surface area contributed by atoms with Gasteiger partial charge in [0.05, 0.1) is 26.9 Å². The molecule has 0 spiro atoms. The topological polar surface area (TPSA) is 54.0 Å². The zero-order chi connectivity index (χ0) is 20.6. The third kappa shape index (κ3) is 6.24. The molecule has 0 saturated carbocycles. The second-order valence-electron chi connectivity index (χ2n) is 6.44. The minimum absolute atomic E-state index is 0.0839. The third-order valence-corrected chi connectivity index (χ3v) is 4.46. The van der Waals surface area contributed by atoms with Gasteiger partial charge in [-0.05, 0) is 25.3 Å². The van der Waals surface area contributed by atoms with Gasteiger partial charge < -0.3 is 18.9 Å². The van der Waals surface area contributed by atoms with Gasteiger partial charge in [0, 0.05) is 17.9 Å². The van der Waals surface area contributed by atoms with Crippen LogP contribution in [0.1, 0.15) is 37.4 Å². The summed E-state index contributed by atoms with van der Waals surface area (Å²) >= 11 is 0. The number of alkyl halides is 3. The first-order chi connectivity index (χ1) is 13.4. The summed E-state index contributed by atoms with van der Waals surface area (Å²) in [5.74, 6) is -0.0916. The number of halogens is 3. The highest BCUT2D eigenvalue weighted by Crippen LogP contribution is 2.42. The van der Waals surface area contributed by atoms with Crippen LogP contribution in [0.3, 0.4) is 0 Å². The van der Waals surface area contributed by atoms with Gasteiger partial charge in [-0.3, -0.25) is 4.79 Å². The van der Waals surface area contributed by atoms with Crippen molar-refractivity contribution >= 4 is 5.97 Å². The molecule has 0 radical (unpaired) electrons. The minimum Gasteiger partial charge on any atom is -0.496 e. The van der Waals surface area contributed by atoms with Crippen LogP contribution < -0.4 is 4.74 Å². The number of benzene rings is 1. The van der Waals surface area contributed by atoms with E-state index < -0.39 is 18.6 Å². The second-order valence-corrected chi connectivity index (χ2v) is 6.44. The standard InChI is InChI=1S/C20H25F3O5/c1-25-16-11-8-7-10-15(16)18-14(13-27-19(28-18)20(21,22)23)9-5-3-4-6-12-17(24)26-2/h3,5,7-8,10-11,14,18-19H,4,6,9,12-13H2,1-2H3/b5-3-. The summed E-state index contributed by atoms with van der Waals surface area (Å²) in [7, 11) is 2.81. The monoisotopic (exact) mass is 402 g/mol. The van der Waals surface area contributed by atoms with Crippen LogP contribution in [0.4, 0.5) is 13.2 Å². The molecular formula is C20H25F3O5. The molecule has 1 aliphatic heterocycles. The maximum absolute atomic E-state index is 13.1. The van der Waals surface area contributed by atoms with Crippen molar-refractivity contribution in [1.29, 1.82) is 0 Å². The predicted molar refractivity (Wildman–Crippen MR) is 95.7 cm³/mol. The van der Waals surface area contributed by atoms with Crippen LogP contribution in [0.25, 0.3) is 0 Å². The fourth-order valence-corrected chi connectivity index (χ4v) is 3.03. The van der Waals surface area contributed by atoms with E-state index in [0.29, 0.717) is 37.0 Å². The number of rotatable bonds is 8. The number of allylic oxidation sites excluding steroid dienone is 2. The van der Waals surface area contributed by atoms with Crippen molar-refractivity contribution in [2.24, 2.45) is 5.92 Å². The van der Waals surface area contributed by atoms with Gasteiger partial charge in [0.25, 0.3) is 6.29 Å². The second kappa shape index (κ2) is 10.5. The molecule has 0 bridgehead atoms. The summed E-state index contributed by atoms with van der Waals surface area (Å²) in [4.78, 5) is 11.1. The Kier molecular flexibility index (Phi) is 8.32. The zero-order valence-corrected chi connectivity index (χ0v) is 15.9. The number of unbranched alkanes of at least 4 members (excludes halogenated alkanes) is 1. The van der Waals surface area contributed by atoms with E-state index in [2.05, 4.69) is 4.74 Å². The molecule has 1 aliphatic rings. The number of carbonyl (C=O) groups excluding carboxylic acids is 1. The lowest BCUT2D eigenvalue weighted by atomic mass is 9.91. The highest BCUT2D eigenvalue weighted by Gasteiger charge is 2.48. The highest BCUT2D eigenvalue weighted by atomic mass is 19.4. The first kappa shape index (κ1) is 22.2. The van der Waals surface area contributed by atoms with Crippen LogP contribution in [0.2, 0.25) is 0 Å². The molecule has 1 saturated heterocycles. The molecule has 0 aliphatic carbocycles. The van der Waals surface area contributed by atoms with E-state index in [9.17, 15) is 18.0 Å². The quantitative estimate of drug-likeness (QED) is 0.362. The molecule has 156 valence electrons. The van der Waals surface area contributed by atoms with E-state index in [-0.39, 0.29) is 18.5 Å². The molecule has 1 heterocycles. The molecule has 1 aromatic rings. The fourth-order valence-electron chi connectivity index (χ4n) is 3.03. The van der Waals surface area contributed by atoms with Crippen LogP contribution in [0, 0.1) is 5.92 Å². The van der Waals surface area contributed by atoms with Crippen molar-refractivity contribution in [3.8, 4) is 5.75 Å². The maximum Gasteiger partial charge on any atom is 0.440 e. The molecule has 0 amide bonds. The van der Waals surface area contributed by atoms with Crippen molar-refractivity contribution in [2.75, 3.05) is 20.8 Å². The summed E-state index contributed by atoms with van der Waals surface area (Å²) < 4.78 is 59.4. The van der Waals surface area contributed by atoms with Crippen molar-refractivity contribution in [2.45, 2.75) is 44.3 Å². The van der Waals surface area contributed by atoms with Crippen LogP contribution in [0.5, 0.6) is 5.75 Å². The number of esters is 1. The average molecular weight is 402 g/mol.